The number of rotatable bonds is 6. The van der Waals surface area contributed by atoms with Gasteiger partial charge in [-0.3, -0.25) is 9.59 Å². The lowest BCUT2D eigenvalue weighted by atomic mass is 10.1. The van der Waals surface area contributed by atoms with E-state index >= 15 is 0 Å². The Morgan fingerprint density at radius 2 is 1.81 bits per heavy atom. The highest BCUT2D eigenvalue weighted by molar-refractivity contribution is 7.99. The Kier molecular flexibility index (Phi) is 6.37. The Morgan fingerprint density at radius 1 is 1.03 bits per heavy atom. The standard InChI is InChI=1S/C25H23FN2O2S/c1-2-3-14-27-24(29)17-12-13-23-21(15-17)28(16-18-8-4-6-10-20(18)26)25(30)19-9-5-7-11-22(19)31-23/h4-13,15H,2-3,14,16H2,1H3,(H,27,29). The molecule has 1 aliphatic rings. The molecule has 3 aromatic rings. The van der Waals surface area contributed by atoms with Gasteiger partial charge in [-0.25, -0.2) is 4.39 Å². The largest absolute Gasteiger partial charge is 0.352 e. The molecular formula is C25H23FN2O2S. The molecule has 0 unspecified atom stereocenters. The Balaban J connectivity index is 1.77. The smallest absolute Gasteiger partial charge is 0.259 e. The molecule has 0 aromatic heterocycles. The van der Waals surface area contributed by atoms with Crippen LogP contribution in [0.5, 0.6) is 0 Å². The molecule has 0 atom stereocenters. The number of fused-ring (bicyclic) bond motifs is 2. The quantitative estimate of drug-likeness (QED) is 0.509. The van der Waals surface area contributed by atoms with Crippen molar-refractivity contribution in [3.8, 4) is 0 Å². The molecule has 6 heteroatoms. The average Bonchev–Trinajstić information content (AvgIpc) is 2.90. The van der Waals surface area contributed by atoms with Gasteiger partial charge in [0.15, 0.2) is 0 Å². The molecule has 0 saturated heterocycles. The van der Waals surface area contributed by atoms with Crippen molar-refractivity contribution in [1.82, 2.24) is 5.32 Å². The summed E-state index contributed by atoms with van der Waals surface area (Å²) in [5.74, 6) is -0.759. The number of hydrogen-bond donors (Lipinski definition) is 1. The third kappa shape index (κ3) is 4.49. The van der Waals surface area contributed by atoms with Gasteiger partial charge in [0.25, 0.3) is 11.8 Å². The van der Waals surface area contributed by atoms with Crippen LogP contribution in [-0.4, -0.2) is 18.4 Å². The van der Waals surface area contributed by atoms with Crippen LogP contribution < -0.4 is 10.2 Å². The van der Waals surface area contributed by atoms with Crippen molar-refractivity contribution < 1.29 is 14.0 Å². The van der Waals surface area contributed by atoms with Gasteiger partial charge in [-0.1, -0.05) is 55.4 Å². The van der Waals surface area contributed by atoms with Crippen molar-refractivity contribution >= 4 is 29.3 Å². The average molecular weight is 435 g/mol. The number of unbranched alkanes of at least 4 members (excludes halogenated alkanes) is 1. The van der Waals surface area contributed by atoms with E-state index in [-0.39, 0.29) is 24.2 Å². The van der Waals surface area contributed by atoms with Crippen LogP contribution in [-0.2, 0) is 6.54 Å². The molecule has 0 aliphatic carbocycles. The summed E-state index contributed by atoms with van der Waals surface area (Å²) in [5.41, 5.74) is 2.07. The summed E-state index contributed by atoms with van der Waals surface area (Å²) >= 11 is 1.48. The van der Waals surface area contributed by atoms with Gasteiger partial charge in [-0.05, 0) is 42.8 Å². The highest BCUT2D eigenvalue weighted by atomic mass is 32.2. The Hall–Kier alpha value is -3.12. The fourth-order valence-electron chi connectivity index (χ4n) is 3.50. The van der Waals surface area contributed by atoms with E-state index in [2.05, 4.69) is 12.2 Å². The molecule has 2 amide bonds. The minimum Gasteiger partial charge on any atom is -0.352 e. The predicted octanol–water partition coefficient (Wildman–Crippen LogP) is 5.67. The van der Waals surface area contributed by atoms with Gasteiger partial charge in [0, 0.05) is 27.5 Å². The zero-order valence-corrected chi connectivity index (χ0v) is 18.0. The molecule has 4 nitrogen and oxygen atoms in total. The minimum atomic E-state index is -0.365. The molecule has 3 aromatic carbocycles. The Bertz CT molecular complexity index is 1130. The number of nitrogens with zero attached hydrogens (tertiary/aromatic N) is 1. The lowest BCUT2D eigenvalue weighted by Gasteiger charge is -2.24. The van der Waals surface area contributed by atoms with E-state index in [1.54, 1.807) is 41.3 Å². The van der Waals surface area contributed by atoms with E-state index < -0.39 is 0 Å². The number of anilines is 1. The summed E-state index contributed by atoms with van der Waals surface area (Å²) < 4.78 is 14.4. The first kappa shape index (κ1) is 21.1. The number of hydrogen-bond acceptors (Lipinski definition) is 3. The lowest BCUT2D eigenvalue weighted by molar-refractivity contribution is 0.0949. The molecule has 158 valence electrons. The zero-order chi connectivity index (χ0) is 21.8. The fourth-order valence-corrected chi connectivity index (χ4v) is 4.55. The SMILES string of the molecule is CCCCNC(=O)c1ccc2c(c1)N(Cc1ccccc1F)C(=O)c1ccccc1S2. The molecule has 4 rings (SSSR count). The molecule has 0 bridgehead atoms. The predicted molar refractivity (Wildman–Crippen MR) is 121 cm³/mol. The Labute approximate surface area is 185 Å². The molecule has 0 saturated carbocycles. The first-order chi connectivity index (χ1) is 15.1. The second-order valence-electron chi connectivity index (χ2n) is 7.37. The number of amides is 2. The zero-order valence-electron chi connectivity index (χ0n) is 17.2. The topological polar surface area (TPSA) is 49.4 Å². The summed E-state index contributed by atoms with van der Waals surface area (Å²) in [6.45, 7) is 2.74. The Morgan fingerprint density at radius 3 is 2.61 bits per heavy atom. The van der Waals surface area contributed by atoms with Crippen LogP contribution in [0.4, 0.5) is 10.1 Å². The third-order valence-corrected chi connectivity index (χ3v) is 6.34. The van der Waals surface area contributed by atoms with Crippen LogP contribution in [0.1, 0.15) is 46.0 Å². The van der Waals surface area contributed by atoms with Crippen molar-refractivity contribution in [2.75, 3.05) is 11.4 Å². The number of halogens is 1. The number of carbonyl (C=O) groups excluding carboxylic acids is 2. The summed E-state index contributed by atoms with van der Waals surface area (Å²) in [6, 6.07) is 19.2. The first-order valence-corrected chi connectivity index (χ1v) is 11.1. The number of carbonyl (C=O) groups is 2. The monoisotopic (exact) mass is 434 g/mol. The van der Waals surface area contributed by atoms with Crippen LogP contribution >= 0.6 is 11.8 Å². The van der Waals surface area contributed by atoms with E-state index in [0.717, 1.165) is 22.6 Å². The van der Waals surface area contributed by atoms with E-state index in [0.29, 0.717) is 28.9 Å². The molecule has 0 spiro atoms. The summed E-state index contributed by atoms with van der Waals surface area (Å²) in [6.07, 6.45) is 1.89. The lowest BCUT2D eigenvalue weighted by Crippen LogP contribution is -2.31. The van der Waals surface area contributed by atoms with Crippen molar-refractivity contribution in [2.45, 2.75) is 36.1 Å². The summed E-state index contributed by atoms with van der Waals surface area (Å²) in [7, 11) is 0. The molecule has 0 fully saturated rings. The summed E-state index contributed by atoms with van der Waals surface area (Å²) in [4.78, 5) is 29.4. The maximum atomic E-state index is 14.4. The normalized spacial score (nSPS) is 12.7. The van der Waals surface area contributed by atoms with Gasteiger partial charge in [0.2, 0.25) is 0 Å². The maximum absolute atomic E-state index is 14.4. The van der Waals surface area contributed by atoms with Crippen LogP contribution in [0.3, 0.4) is 0 Å². The van der Waals surface area contributed by atoms with E-state index in [1.807, 2.05) is 24.3 Å². The van der Waals surface area contributed by atoms with Gasteiger partial charge in [0.05, 0.1) is 17.8 Å². The van der Waals surface area contributed by atoms with Crippen LogP contribution in [0, 0.1) is 5.82 Å². The van der Waals surface area contributed by atoms with Crippen LogP contribution in [0.15, 0.2) is 76.5 Å². The third-order valence-electron chi connectivity index (χ3n) is 5.20. The first-order valence-electron chi connectivity index (χ1n) is 10.3. The molecule has 1 N–H and O–H groups in total. The van der Waals surface area contributed by atoms with Crippen LogP contribution in [0.2, 0.25) is 0 Å². The fraction of sp³-hybridized carbons (Fsp3) is 0.200. The second-order valence-corrected chi connectivity index (χ2v) is 8.46. The number of benzene rings is 3. The van der Waals surface area contributed by atoms with Gasteiger partial charge in [-0.15, -0.1) is 0 Å². The molecule has 1 heterocycles. The van der Waals surface area contributed by atoms with Crippen molar-refractivity contribution in [3.05, 3.63) is 89.2 Å². The van der Waals surface area contributed by atoms with Gasteiger partial charge in [0.1, 0.15) is 5.82 Å². The maximum Gasteiger partial charge on any atom is 0.259 e. The van der Waals surface area contributed by atoms with E-state index in [9.17, 15) is 14.0 Å². The van der Waals surface area contributed by atoms with Crippen molar-refractivity contribution in [1.29, 1.82) is 0 Å². The van der Waals surface area contributed by atoms with Crippen molar-refractivity contribution in [2.24, 2.45) is 0 Å². The highest BCUT2D eigenvalue weighted by Gasteiger charge is 2.28. The van der Waals surface area contributed by atoms with Gasteiger partial charge >= 0.3 is 0 Å². The second kappa shape index (κ2) is 9.35. The van der Waals surface area contributed by atoms with Crippen LogP contribution in [0.25, 0.3) is 0 Å². The number of nitrogens with one attached hydrogen (secondary N) is 1. The van der Waals surface area contributed by atoms with Gasteiger partial charge < -0.3 is 10.2 Å². The molecule has 0 radical (unpaired) electrons. The summed E-state index contributed by atoms with van der Waals surface area (Å²) in [5, 5.41) is 2.92. The van der Waals surface area contributed by atoms with E-state index in [1.165, 1.54) is 17.8 Å². The molecule has 1 aliphatic heterocycles. The molecular weight excluding hydrogens is 411 g/mol. The van der Waals surface area contributed by atoms with E-state index in [4.69, 9.17) is 0 Å². The van der Waals surface area contributed by atoms with Gasteiger partial charge in [-0.2, -0.15) is 0 Å². The highest BCUT2D eigenvalue weighted by Crippen LogP contribution is 2.42. The molecule has 31 heavy (non-hydrogen) atoms. The minimum absolute atomic E-state index is 0.0777. The van der Waals surface area contributed by atoms with Crippen molar-refractivity contribution in [3.63, 3.8) is 0 Å².